The Balaban J connectivity index is 0.988. The monoisotopic (exact) mass is 484 g/mol. The summed E-state index contributed by atoms with van der Waals surface area (Å²) in [6.45, 7) is 0. The molecule has 0 aromatic heterocycles. The van der Waals surface area contributed by atoms with Crippen molar-refractivity contribution in [2.24, 2.45) is 23.7 Å². The van der Waals surface area contributed by atoms with Crippen LogP contribution in [-0.2, 0) is 28.7 Å². The zero-order valence-corrected chi connectivity index (χ0v) is 20.2. The van der Waals surface area contributed by atoms with Gasteiger partial charge in [0, 0.05) is 0 Å². The van der Waals surface area contributed by atoms with E-state index in [1.54, 1.807) is 11.1 Å². The van der Waals surface area contributed by atoms with E-state index < -0.39 is 0 Å². The summed E-state index contributed by atoms with van der Waals surface area (Å²) in [5.41, 5.74) is 14.8. The summed E-state index contributed by atoms with van der Waals surface area (Å²) in [5, 5.41) is 0. The molecule has 2 fully saturated rings. The van der Waals surface area contributed by atoms with Crippen molar-refractivity contribution in [1.82, 2.24) is 0 Å². The summed E-state index contributed by atoms with van der Waals surface area (Å²) < 4.78 is 9.92. The van der Waals surface area contributed by atoms with Crippen molar-refractivity contribution in [3.8, 4) is 0 Å². The van der Waals surface area contributed by atoms with Gasteiger partial charge >= 0.3 is 23.9 Å². The number of carbonyl (C=O) groups is 4. The topological polar surface area (TPSA) is 86.7 Å². The number of hydrogen-bond acceptors (Lipinski definition) is 6. The zero-order valence-electron chi connectivity index (χ0n) is 20.2. The fraction of sp³-hybridized carbons (Fsp3) is 0.533. The van der Waals surface area contributed by atoms with Gasteiger partial charge in [-0.15, -0.1) is 0 Å². The van der Waals surface area contributed by atoms with Crippen molar-refractivity contribution in [3.63, 3.8) is 0 Å². The first-order chi connectivity index (χ1) is 17.4. The maximum atomic E-state index is 12.2. The lowest BCUT2D eigenvalue weighted by atomic mass is 9.64. The van der Waals surface area contributed by atoms with Gasteiger partial charge in [-0.05, 0) is 77.0 Å². The maximum absolute atomic E-state index is 12.2. The Kier molecular flexibility index (Phi) is 4.26. The van der Waals surface area contributed by atoms with Crippen LogP contribution < -0.4 is 0 Å². The van der Waals surface area contributed by atoms with Gasteiger partial charge in [-0.25, -0.2) is 0 Å². The Morgan fingerprint density at radius 2 is 0.528 bits per heavy atom. The average molecular weight is 485 g/mol. The van der Waals surface area contributed by atoms with Crippen molar-refractivity contribution in [1.29, 1.82) is 0 Å². The minimum Gasteiger partial charge on any atom is -0.393 e. The molecule has 2 unspecified atom stereocenters. The van der Waals surface area contributed by atoms with E-state index in [1.165, 1.54) is 44.6 Å². The summed E-state index contributed by atoms with van der Waals surface area (Å²) in [7, 11) is 0. The van der Waals surface area contributed by atoms with Gasteiger partial charge in [-0.2, -0.15) is 0 Å². The third kappa shape index (κ3) is 2.96. The highest BCUT2D eigenvalue weighted by molar-refractivity contribution is 5.97. The van der Waals surface area contributed by atoms with Crippen LogP contribution in [0, 0.1) is 23.7 Å². The van der Waals surface area contributed by atoms with E-state index in [4.69, 9.17) is 9.47 Å². The highest BCUT2D eigenvalue weighted by Gasteiger charge is 2.49. The molecule has 2 heterocycles. The quantitative estimate of drug-likeness (QED) is 0.277. The summed E-state index contributed by atoms with van der Waals surface area (Å²) >= 11 is 0. The molecule has 4 atom stereocenters. The summed E-state index contributed by atoms with van der Waals surface area (Å²) in [6.07, 6.45) is 10.7. The van der Waals surface area contributed by atoms with Crippen LogP contribution in [-0.4, -0.2) is 23.9 Å². The van der Waals surface area contributed by atoms with E-state index in [0.29, 0.717) is 25.7 Å². The molecule has 8 rings (SSSR count). The minimum absolute atomic E-state index is 0.272. The predicted octanol–water partition coefficient (Wildman–Crippen LogP) is 4.86. The fourth-order valence-electron chi connectivity index (χ4n) is 8.42. The number of cyclic esters (lactones) is 4. The molecule has 0 bridgehead atoms. The Labute approximate surface area is 209 Å². The Morgan fingerprint density at radius 3 is 0.750 bits per heavy atom. The second-order valence-electron chi connectivity index (χ2n) is 12.2. The first-order valence-electron chi connectivity index (χ1n) is 13.4. The largest absolute Gasteiger partial charge is 0.393 e. The highest BCUT2D eigenvalue weighted by Crippen LogP contribution is 2.54. The van der Waals surface area contributed by atoms with E-state index in [2.05, 4.69) is 0 Å². The van der Waals surface area contributed by atoms with Crippen molar-refractivity contribution in [2.45, 2.75) is 77.0 Å². The SMILES string of the molecule is O=C1OC(=O)C2CC3=C(CC4=C(CC5=C(C4)CC4=C(C5)CC5=C(C4)C[C@@H]4C(=O)OC(=O)[C@@H]4C5)C3)CC12. The summed E-state index contributed by atoms with van der Waals surface area (Å²) in [4.78, 5) is 48.6. The third-order valence-electron chi connectivity index (χ3n) is 10.4. The first-order valence-corrected chi connectivity index (χ1v) is 13.4. The Hall–Kier alpha value is -3.02. The van der Waals surface area contributed by atoms with E-state index in [0.717, 1.165) is 51.4 Å². The molecule has 0 radical (unpaired) electrons. The van der Waals surface area contributed by atoms with Crippen LogP contribution in [0.25, 0.3) is 0 Å². The number of allylic oxidation sites excluding steroid dienone is 10. The zero-order chi connectivity index (χ0) is 24.3. The van der Waals surface area contributed by atoms with Crippen LogP contribution in [0.2, 0.25) is 0 Å². The van der Waals surface area contributed by atoms with Crippen molar-refractivity contribution >= 4 is 23.9 Å². The van der Waals surface area contributed by atoms with Crippen LogP contribution in [0.5, 0.6) is 0 Å². The van der Waals surface area contributed by atoms with Gasteiger partial charge in [0.2, 0.25) is 0 Å². The molecule has 6 aliphatic carbocycles. The summed E-state index contributed by atoms with van der Waals surface area (Å²) in [6, 6.07) is 0. The molecule has 0 aromatic carbocycles. The second kappa shape index (κ2) is 7.27. The molecule has 6 heteroatoms. The molecule has 184 valence electrons. The Morgan fingerprint density at radius 1 is 0.333 bits per heavy atom. The van der Waals surface area contributed by atoms with Crippen LogP contribution in [0.3, 0.4) is 0 Å². The first kappa shape index (κ1) is 21.1. The maximum Gasteiger partial charge on any atom is 0.317 e. The van der Waals surface area contributed by atoms with Gasteiger partial charge in [-0.1, -0.05) is 55.7 Å². The fourth-order valence-corrected chi connectivity index (χ4v) is 8.42. The Bertz CT molecular complexity index is 1180. The standard InChI is InChI=1S/C30H28O6/c31-27-23-9-19-5-15-1-13-2-17-7-21-11-25-26(30(34)36-29(25)33)12-22(21)8-18(17)4-14(13)3-16(15)6-20(19)10-24(23)28(32)35-27/h23-26H,1-12H2/t23-,24+,25?,26?. The van der Waals surface area contributed by atoms with Gasteiger partial charge in [0.15, 0.2) is 0 Å². The van der Waals surface area contributed by atoms with E-state index in [-0.39, 0.29) is 47.5 Å². The van der Waals surface area contributed by atoms with Gasteiger partial charge in [-0.3, -0.25) is 19.2 Å². The number of carbonyl (C=O) groups excluding carboxylic acids is 4. The number of hydrogen-bond donors (Lipinski definition) is 0. The number of esters is 4. The lowest BCUT2D eigenvalue weighted by molar-refractivity contribution is -0.155. The van der Waals surface area contributed by atoms with Crippen LogP contribution in [0.15, 0.2) is 55.7 Å². The second-order valence-corrected chi connectivity index (χ2v) is 12.2. The molecular weight excluding hydrogens is 456 g/mol. The molecule has 2 aliphatic heterocycles. The highest BCUT2D eigenvalue weighted by atomic mass is 16.6. The van der Waals surface area contributed by atoms with E-state index in [1.807, 2.05) is 0 Å². The van der Waals surface area contributed by atoms with Crippen LogP contribution in [0.1, 0.15) is 77.0 Å². The summed E-state index contributed by atoms with van der Waals surface area (Å²) in [5.74, 6) is -2.39. The molecule has 8 aliphatic rings. The lowest BCUT2D eigenvalue weighted by Gasteiger charge is -2.39. The molecular formula is C30H28O6. The van der Waals surface area contributed by atoms with E-state index in [9.17, 15) is 19.2 Å². The van der Waals surface area contributed by atoms with Crippen molar-refractivity contribution in [2.75, 3.05) is 0 Å². The number of fused-ring (bicyclic) bond motifs is 2. The number of ether oxygens (including phenoxy) is 2. The van der Waals surface area contributed by atoms with Crippen LogP contribution in [0.4, 0.5) is 0 Å². The molecule has 0 amide bonds. The van der Waals surface area contributed by atoms with Gasteiger partial charge in [0.25, 0.3) is 0 Å². The smallest absolute Gasteiger partial charge is 0.317 e. The third-order valence-corrected chi connectivity index (χ3v) is 10.4. The molecule has 0 N–H and O–H groups in total. The van der Waals surface area contributed by atoms with Crippen molar-refractivity contribution in [3.05, 3.63) is 55.7 Å². The number of rotatable bonds is 0. The molecule has 2 saturated heterocycles. The van der Waals surface area contributed by atoms with E-state index >= 15 is 0 Å². The molecule has 6 nitrogen and oxygen atoms in total. The predicted molar refractivity (Wildman–Crippen MR) is 127 cm³/mol. The van der Waals surface area contributed by atoms with Gasteiger partial charge in [0.1, 0.15) is 0 Å². The van der Waals surface area contributed by atoms with Crippen LogP contribution >= 0.6 is 0 Å². The molecule has 36 heavy (non-hydrogen) atoms. The molecule has 0 saturated carbocycles. The van der Waals surface area contributed by atoms with Crippen molar-refractivity contribution < 1.29 is 28.7 Å². The normalized spacial score (nSPS) is 35.1. The average Bonchev–Trinajstić information content (AvgIpc) is 3.29. The molecule has 0 aromatic rings. The van der Waals surface area contributed by atoms with Gasteiger partial charge < -0.3 is 9.47 Å². The molecule has 0 spiro atoms. The van der Waals surface area contributed by atoms with Gasteiger partial charge in [0.05, 0.1) is 23.7 Å². The minimum atomic E-state index is -0.327. The lowest BCUT2D eigenvalue weighted by Crippen LogP contribution is -2.28.